The number of methoxy groups -OCH3 is 1. The number of ether oxygens (including phenoxy) is 1. The molecule has 2 atom stereocenters. The molecule has 0 radical (unpaired) electrons. The van der Waals surface area contributed by atoms with Crippen LogP contribution in [0.2, 0.25) is 13.3 Å². The molecule has 0 aliphatic carbocycles. The normalized spacial score (nSPS) is 36.1. The van der Waals surface area contributed by atoms with E-state index < -0.39 is 0 Å². The summed E-state index contributed by atoms with van der Waals surface area (Å²) in [6.07, 6.45) is 1.31. The van der Waals surface area contributed by atoms with E-state index in [1.54, 1.807) is 0 Å². The van der Waals surface area contributed by atoms with E-state index in [1.807, 2.05) is 0 Å². The van der Waals surface area contributed by atoms with Crippen molar-refractivity contribution in [2.24, 2.45) is 0 Å². The summed E-state index contributed by atoms with van der Waals surface area (Å²) < 4.78 is 5.06. The van der Waals surface area contributed by atoms with Crippen LogP contribution in [0, 0.1) is 0 Å². The van der Waals surface area contributed by atoms with Gasteiger partial charge in [0, 0.05) is 0 Å². The van der Waals surface area contributed by atoms with Crippen LogP contribution in [0.5, 0.6) is 0 Å². The van der Waals surface area contributed by atoms with E-state index in [0.29, 0.717) is 29.9 Å². The van der Waals surface area contributed by atoms with Gasteiger partial charge in [-0.2, -0.15) is 0 Å². The molecule has 0 aromatic rings. The molecule has 1 aliphatic rings. The Labute approximate surface area is 86.1 Å². The molecule has 0 bridgehead atoms. The van der Waals surface area contributed by atoms with Crippen LogP contribution in [0.15, 0.2) is 0 Å². The molecular weight excluding hydrogens is 286 g/mol. The molecule has 0 spiro atoms. The summed E-state index contributed by atoms with van der Waals surface area (Å²) in [6, 6.07) is 0. The Morgan fingerprint density at radius 3 is 2.25 bits per heavy atom. The van der Waals surface area contributed by atoms with Crippen LogP contribution in [-0.4, -0.2) is 43.0 Å². The predicted molar refractivity (Wildman–Crippen MR) is 50.7 cm³/mol. The average molecular weight is 300 g/mol. The van der Waals surface area contributed by atoms with Crippen molar-refractivity contribution in [2.45, 2.75) is 33.6 Å². The van der Waals surface area contributed by atoms with E-state index in [0.717, 1.165) is 9.63 Å². The molecule has 1 heterocycles. The molecule has 1 rings (SSSR count). The van der Waals surface area contributed by atoms with Gasteiger partial charge < -0.3 is 0 Å². The zero-order valence-corrected chi connectivity index (χ0v) is 11.0. The van der Waals surface area contributed by atoms with E-state index in [1.165, 1.54) is 13.5 Å². The molecule has 0 amide bonds. The Morgan fingerprint density at radius 1 is 1.33 bits per heavy atom. The standard InChI is InChI=1S/C8H14O2Se2/c1-5-4-6(2)12-8(11-5)7(9)10-3/h5-6,8H,4H2,1-3H3. The van der Waals surface area contributed by atoms with Gasteiger partial charge in [-0.25, -0.2) is 0 Å². The van der Waals surface area contributed by atoms with Crippen molar-refractivity contribution in [1.82, 2.24) is 0 Å². The van der Waals surface area contributed by atoms with E-state index in [2.05, 4.69) is 13.8 Å². The topological polar surface area (TPSA) is 26.3 Å². The van der Waals surface area contributed by atoms with Crippen LogP contribution in [0.25, 0.3) is 0 Å². The zero-order valence-electron chi connectivity index (χ0n) is 7.57. The van der Waals surface area contributed by atoms with Gasteiger partial charge >= 0.3 is 86.1 Å². The van der Waals surface area contributed by atoms with Crippen molar-refractivity contribution in [3.8, 4) is 0 Å². The molecule has 70 valence electrons. The van der Waals surface area contributed by atoms with Crippen molar-refractivity contribution in [1.29, 1.82) is 0 Å². The molecule has 12 heavy (non-hydrogen) atoms. The summed E-state index contributed by atoms with van der Waals surface area (Å²) in [4.78, 5) is 12.8. The fraction of sp³-hybridized carbons (Fsp3) is 0.875. The first-order valence-electron chi connectivity index (χ1n) is 4.02. The SMILES string of the molecule is COC(=O)C1[Se]C(C)CC(C)[Se]1. The first-order valence-corrected chi connectivity index (χ1v) is 7.98. The number of esters is 1. The van der Waals surface area contributed by atoms with Crippen molar-refractivity contribution in [3.63, 3.8) is 0 Å². The number of carbonyl (C=O) groups excluding carboxylic acids is 1. The maximum atomic E-state index is 11.3. The van der Waals surface area contributed by atoms with Gasteiger partial charge in [-0.15, -0.1) is 0 Å². The van der Waals surface area contributed by atoms with Gasteiger partial charge in [-0.05, 0) is 0 Å². The van der Waals surface area contributed by atoms with Crippen LogP contribution in [-0.2, 0) is 9.53 Å². The van der Waals surface area contributed by atoms with Crippen molar-refractivity contribution >= 4 is 35.9 Å². The minimum atomic E-state index is 0.0356. The monoisotopic (exact) mass is 302 g/mol. The second-order valence-corrected chi connectivity index (χ2v) is 11.0. The summed E-state index contributed by atoms with van der Waals surface area (Å²) in [7, 11) is 1.50. The predicted octanol–water partition coefficient (Wildman–Crippen LogP) is 1.33. The summed E-state index contributed by atoms with van der Waals surface area (Å²) in [5.74, 6) is 0.0356. The zero-order chi connectivity index (χ0) is 9.14. The molecule has 0 aromatic heterocycles. The van der Waals surface area contributed by atoms with Crippen LogP contribution in [0.3, 0.4) is 0 Å². The van der Waals surface area contributed by atoms with Crippen molar-refractivity contribution in [2.75, 3.05) is 7.11 Å². The van der Waals surface area contributed by atoms with E-state index >= 15 is 0 Å². The number of hydrogen-bond donors (Lipinski definition) is 0. The van der Waals surface area contributed by atoms with Crippen LogP contribution in [0.1, 0.15) is 20.3 Å². The third kappa shape index (κ3) is 2.77. The first-order chi connectivity index (χ1) is 5.63. The van der Waals surface area contributed by atoms with E-state index in [9.17, 15) is 4.79 Å². The Balaban J connectivity index is 2.49. The molecular formula is C8H14O2Se2. The minimum absolute atomic E-state index is 0.0356. The third-order valence-electron chi connectivity index (χ3n) is 1.77. The fourth-order valence-electron chi connectivity index (χ4n) is 1.24. The van der Waals surface area contributed by atoms with Gasteiger partial charge in [0.2, 0.25) is 0 Å². The van der Waals surface area contributed by atoms with Gasteiger partial charge in [0.05, 0.1) is 0 Å². The van der Waals surface area contributed by atoms with E-state index in [-0.39, 0.29) is 9.68 Å². The molecule has 1 saturated heterocycles. The van der Waals surface area contributed by atoms with Crippen LogP contribution >= 0.6 is 0 Å². The Kier molecular flexibility index (Phi) is 4.12. The number of carbonyl (C=O) groups is 1. The van der Waals surface area contributed by atoms with E-state index in [4.69, 9.17) is 4.74 Å². The average Bonchev–Trinajstić information content (AvgIpc) is 2.01. The summed E-state index contributed by atoms with van der Waals surface area (Å²) >= 11 is 0.971. The van der Waals surface area contributed by atoms with Crippen LogP contribution < -0.4 is 0 Å². The second kappa shape index (κ2) is 4.66. The molecule has 2 unspecified atom stereocenters. The molecule has 4 heteroatoms. The summed E-state index contributed by atoms with van der Waals surface area (Å²) in [5.41, 5.74) is 0. The molecule has 2 nitrogen and oxygen atoms in total. The fourth-order valence-corrected chi connectivity index (χ4v) is 11.1. The molecule has 0 saturated carbocycles. The third-order valence-corrected chi connectivity index (χ3v) is 8.79. The van der Waals surface area contributed by atoms with Crippen molar-refractivity contribution < 1.29 is 9.53 Å². The van der Waals surface area contributed by atoms with Gasteiger partial charge in [-0.3, -0.25) is 0 Å². The summed E-state index contributed by atoms with van der Waals surface area (Å²) in [6.45, 7) is 4.50. The maximum absolute atomic E-state index is 11.3. The first kappa shape index (κ1) is 10.6. The molecule has 1 fully saturated rings. The Bertz CT molecular complexity index is 162. The number of hydrogen-bond acceptors (Lipinski definition) is 2. The van der Waals surface area contributed by atoms with Gasteiger partial charge in [0.15, 0.2) is 0 Å². The van der Waals surface area contributed by atoms with Gasteiger partial charge in [0.1, 0.15) is 0 Å². The Morgan fingerprint density at radius 2 is 1.83 bits per heavy atom. The van der Waals surface area contributed by atoms with Gasteiger partial charge in [-0.1, -0.05) is 0 Å². The summed E-state index contributed by atoms with van der Waals surface area (Å²) in [5, 5.41) is 0. The van der Waals surface area contributed by atoms with Crippen LogP contribution in [0.4, 0.5) is 0 Å². The molecule has 0 N–H and O–H groups in total. The number of rotatable bonds is 1. The Hall–Kier alpha value is 0.509. The quantitative estimate of drug-likeness (QED) is 0.539. The molecule has 0 aromatic carbocycles. The van der Waals surface area contributed by atoms with Crippen molar-refractivity contribution in [3.05, 3.63) is 0 Å². The van der Waals surface area contributed by atoms with Gasteiger partial charge in [0.25, 0.3) is 0 Å². The molecule has 1 aliphatic heterocycles. The second-order valence-electron chi connectivity index (χ2n) is 2.98.